The van der Waals surface area contributed by atoms with Gasteiger partial charge in [-0.2, -0.15) is 5.26 Å². The van der Waals surface area contributed by atoms with E-state index in [1.165, 1.54) is 0 Å². The van der Waals surface area contributed by atoms with E-state index in [4.69, 9.17) is 9.68 Å². The molecule has 5 nitrogen and oxygen atoms in total. The SMILES string of the molecule is N#CCC(=O)Nc1ccc2nc(-c3ccccc3)oc2c1. The smallest absolute Gasteiger partial charge is 0.238 e. The van der Waals surface area contributed by atoms with E-state index in [2.05, 4.69) is 10.3 Å². The summed E-state index contributed by atoms with van der Waals surface area (Å²) in [7, 11) is 0. The van der Waals surface area contributed by atoms with E-state index in [9.17, 15) is 4.79 Å². The highest BCUT2D eigenvalue weighted by atomic mass is 16.3. The van der Waals surface area contributed by atoms with Gasteiger partial charge < -0.3 is 9.73 Å². The van der Waals surface area contributed by atoms with E-state index in [0.29, 0.717) is 22.7 Å². The van der Waals surface area contributed by atoms with Crippen LogP contribution in [0.2, 0.25) is 0 Å². The predicted molar refractivity (Wildman–Crippen MR) is 78.3 cm³/mol. The van der Waals surface area contributed by atoms with Gasteiger partial charge >= 0.3 is 0 Å². The largest absolute Gasteiger partial charge is 0.436 e. The van der Waals surface area contributed by atoms with Crippen LogP contribution in [0.15, 0.2) is 52.9 Å². The summed E-state index contributed by atoms with van der Waals surface area (Å²) in [6, 6.07) is 16.6. The standard InChI is InChI=1S/C16H11N3O2/c17-9-8-15(20)18-12-6-7-13-14(10-12)21-16(19-13)11-4-2-1-3-5-11/h1-7,10H,8H2,(H,18,20). The van der Waals surface area contributed by atoms with Gasteiger partial charge in [0.1, 0.15) is 11.9 Å². The Bertz CT molecular complexity index is 832. The van der Waals surface area contributed by atoms with Gasteiger partial charge in [0, 0.05) is 17.3 Å². The molecule has 1 amide bonds. The van der Waals surface area contributed by atoms with Gasteiger partial charge in [0.15, 0.2) is 5.58 Å². The maximum atomic E-state index is 11.4. The van der Waals surface area contributed by atoms with Crippen molar-refractivity contribution in [3.05, 3.63) is 48.5 Å². The summed E-state index contributed by atoms with van der Waals surface area (Å²) < 4.78 is 5.71. The first-order valence-corrected chi connectivity index (χ1v) is 6.39. The zero-order valence-corrected chi connectivity index (χ0v) is 11.0. The van der Waals surface area contributed by atoms with Crippen LogP contribution in [0.25, 0.3) is 22.6 Å². The Morgan fingerprint density at radius 1 is 1.24 bits per heavy atom. The Morgan fingerprint density at radius 3 is 2.81 bits per heavy atom. The maximum absolute atomic E-state index is 11.4. The summed E-state index contributed by atoms with van der Waals surface area (Å²) in [5.41, 5.74) is 2.78. The number of aromatic nitrogens is 1. The number of fused-ring (bicyclic) bond motifs is 1. The van der Waals surface area contributed by atoms with Crippen LogP contribution in [0.5, 0.6) is 0 Å². The van der Waals surface area contributed by atoms with Gasteiger partial charge in [0.25, 0.3) is 0 Å². The molecule has 0 fully saturated rings. The van der Waals surface area contributed by atoms with Gasteiger partial charge in [-0.25, -0.2) is 4.98 Å². The molecular weight excluding hydrogens is 266 g/mol. The highest BCUT2D eigenvalue weighted by Gasteiger charge is 2.09. The van der Waals surface area contributed by atoms with E-state index >= 15 is 0 Å². The van der Waals surface area contributed by atoms with Crippen LogP contribution in [-0.2, 0) is 4.79 Å². The van der Waals surface area contributed by atoms with Crippen LogP contribution >= 0.6 is 0 Å². The van der Waals surface area contributed by atoms with E-state index in [1.807, 2.05) is 30.3 Å². The molecule has 1 aromatic heterocycles. The highest BCUT2D eigenvalue weighted by molar-refractivity contribution is 5.94. The minimum atomic E-state index is -0.348. The number of hydrogen-bond acceptors (Lipinski definition) is 4. The lowest BCUT2D eigenvalue weighted by molar-refractivity contribution is -0.115. The third-order valence-corrected chi connectivity index (χ3v) is 2.93. The number of amides is 1. The van der Waals surface area contributed by atoms with Crippen molar-refractivity contribution in [3.8, 4) is 17.5 Å². The number of nitrogens with one attached hydrogen (secondary N) is 1. The molecule has 102 valence electrons. The number of rotatable bonds is 3. The molecule has 21 heavy (non-hydrogen) atoms. The Balaban J connectivity index is 1.92. The fourth-order valence-electron chi connectivity index (χ4n) is 1.98. The molecule has 1 heterocycles. The molecule has 0 atom stereocenters. The molecule has 0 aliphatic heterocycles. The molecule has 0 bridgehead atoms. The fraction of sp³-hybridized carbons (Fsp3) is 0.0625. The summed E-state index contributed by atoms with van der Waals surface area (Å²) in [6.07, 6.45) is -0.177. The van der Waals surface area contributed by atoms with Crippen LogP contribution in [0.3, 0.4) is 0 Å². The minimum Gasteiger partial charge on any atom is -0.436 e. The quantitative estimate of drug-likeness (QED) is 0.796. The molecule has 0 saturated heterocycles. The van der Waals surface area contributed by atoms with Crippen molar-refractivity contribution in [1.29, 1.82) is 5.26 Å². The van der Waals surface area contributed by atoms with Crippen molar-refractivity contribution in [1.82, 2.24) is 4.98 Å². The molecule has 0 saturated carbocycles. The molecular formula is C16H11N3O2. The molecule has 2 aromatic carbocycles. The van der Waals surface area contributed by atoms with Crippen molar-refractivity contribution in [2.45, 2.75) is 6.42 Å². The van der Waals surface area contributed by atoms with Gasteiger partial charge in [0.05, 0.1) is 6.07 Å². The first kappa shape index (κ1) is 12.9. The summed E-state index contributed by atoms with van der Waals surface area (Å²) >= 11 is 0. The Labute approximate surface area is 120 Å². The summed E-state index contributed by atoms with van der Waals surface area (Å²) in [6.45, 7) is 0. The molecule has 0 aliphatic carbocycles. The van der Waals surface area contributed by atoms with Crippen LogP contribution in [0.1, 0.15) is 6.42 Å². The van der Waals surface area contributed by atoms with Gasteiger partial charge in [0.2, 0.25) is 11.8 Å². The number of nitrogens with zero attached hydrogens (tertiary/aromatic N) is 2. The normalized spacial score (nSPS) is 10.2. The summed E-state index contributed by atoms with van der Waals surface area (Å²) in [5, 5.41) is 11.1. The molecule has 5 heteroatoms. The van der Waals surface area contributed by atoms with E-state index < -0.39 is 0 Å². The van der Waals surface area contributed by atoms with Crippen molar-refractivity contribution in [2.75, 3.05) is 5.32 Å². The lowest BCUT2D eigenvalue weighted by Gasteiger charge is -2.01. The number of benzene rings is 2. The zero-order chi connectivity index (χ0) is 14.7. The number of anilines is 1. The van der Waals surface area contributed by atoms with Gasteiger partial charge in [-0.15, -0.1) is 0 Å². The van der Waals surface area contributed by atoms with Crippen LogP contribution in [0.4, 0.5) is 5.69 Å². The lowest BCUT2D eigenvalue weighted by atomic mass is 10.2. The van der Waals surface area contributed by atoms with Crippen molar-refractivity contribution in [3.63, 3.8) is 0 Å². The Kier molecular flexibility index (Phi) is 3.36. The summed E-state index contributed by atoms with van der Waals surface area (Å²) in [4.78, 5) is 15.8. The number of carbonyl (C=O) groups excluding carboxylic acids is 1. The third-order valence-electron chi connectivity index (χ3n) is 2.93. The molecule has 1 N–H and O–H groups in total. The Morgan fingerprint density at radius 2 is 2.05 bits per heavy atom. The van der Waals surface area contributed by atoms with Crippen molar-refractivity contribution >= 4 is 22.7 Å². The maximum Gasteiger partial charge on any atom is 0.238 e. The number of nitriles is 1. The van der Waals surface area contributed by atoms with Crippen LogP contribution < -0.4 is 5.32 Å². The van der Waals surface area contributed by atoms with E-state index in [0.717, 1.165) is 5.56 Å². The van der Waals surface area contributed by atoms with Gasteiger partial charge in [-0.05, 0) is 24.3 Å². The minimum absolute atomic E-state index is 0.177. The first-order chi connectivity index (χ1) is 10.3. The average molecular weight is 277 g/mol. The van der Waals surface area contributed by atoms with E-state index in [1.54, 1.807) is 24.3 Å². The lowest BCUT2D eigenvalue weighted by Crippen LogP contribution is -2.09. The number of carbonyl (C=O) groups is 1. The van der Waals surface area contributed by atoms with E-state index in [-0.39, 0.29) is 12.3 Å². The third kappa shape index (κ3) is 2.74. The second-order valence-corrected chi connectivity index (χ2v) is 4.45. The topological polar surface area (TPSA) is 78.9 Å². The average Bonchev–Trinajstić information content (AvgIpc) is 2.91. The van der Waals surface area contributed by atoms with Crippen LogP contribution in [0, 0.1) is 11.3 Å². The van der Waals surface area contributed by atoms with Gasteiger partial charge in [-0.1, -0.05) is 18.2 Å². The molecule has 0 spiro atoms. The summed E-state index contributed by atoms with van der Waals surface area (Å²) in [5.74, 6) is 0.186. The fourth-order valence-corrected chi connectivity index (χ4v) is 1.98. The second-order valence-electron chi connectivity index (χ2n) is 4.45. The number of hydrogen-bond donors (Lipinski definition) is 1. The zero-order valence-electron chi connectivity index (χ0n) is 11.0. The Hall–Kier alpha value is -3.13. The van der Waals surface area contributed by atoms with Gasteiger partial charge in [-0.3, -0.25) is 4.79 Å². The molecule has 0 aliphatic rings. The predicted octanol–water partition coefficient (Wildman–Crippen LogP) is 3.35. The molecule has 0 radical (unpaired) electrons. The first-order valence-electron chi connectivity index (χ1n) is 6.39. The van der Waals surface area contributed by atoms with Crippen LogP contribution in [-0.4, -0.2) is 10.9 Å². The monoisotopic (exact) mass is 277 g/mol. The molecule has 3 rings (SSSR count). The van der Waals surface area contributed by atoms with Crippen molar-refractivity contribution in [2.24, 2.45) is 0 Å². The highest BCUT2D eigenvalue weighted by Crippen LogP contribution is 2.26. The van der Waals surface area contributed by atoms with Crippen molar-refractivity contribution < 1.29 is 9.21 Å². The second kappa shape index (κ2) is 5.47. The molecule has 3 aromatic rings. The number of oxazole rings is 1. The molecule has 0 unspecified atom stereocenters.